The lowest BCUT2D eigenvalue weighted by atomic mass is 10.4. The summed E-state index contributed by atoms with van der Waals surface area (Å²) in [6, 6.07) is 0. The van der Waals surface area contributed by atoms with E-state index in [2.05, 4.69) is 4.99 Å². The summed E-state index contributed by atoms with van der Waals surface area (Å²) < 4.78 is 10.2. The number of hydrogen-bond acceptors (Lipinski definition) is 3. The summed E-state index contributed by atoms with van der Waals surface area (Å²) in [5.74, 6) is 0. The maximum atomic E-state index is 5.10. The Kier molecular flexibility index (Phi) is 3.52. The Hall–Kier alpha value is -0.990. The van der Waals surface area contributed by atoms with E-state index in [1.807, 2.05) is 13.0 Å². The number of aliphatic imine (C=N–C) groups is 1. The highest BCUT2D eigenvalue weighted by Gasteiger charge is 2.04. The van der Waals surface area contributed by atoms with Crippen molar-refractivity contribution in [2.24, 2.45) is 4.99 Å². The second-order valence-corrected chi connectivity index (χ2v) is 2.25. The van der Waals surface area contributed by atoms with E-state index in [-0.39, 0.29) is 0 Å². The van der Waals surface area contributed by atoms with Gasteiger partial charge in [0.15, 0.2) is 0 Å². The van der Waals surface area contributed by atoms with Crippen molar-refractivity contribution in [2.75, 3.05) is 13.2 Å². The molecule has 1 aliphatic heterocycles. The Morgan fingerprint density at radius 2 is 2.64 bits per heavy atom. The van der Waals surface area contributed by atoms with Crippen LogP contribution in [0.25, 0.3) is 0 Å². The molecule has 0 aromatic carbocycles. The molecule has 11 heavy (non-hydrogen) atoms. The summed E-state index contributed by atoms with van der Waals surface area (Å²) in [4.78, 5) is 4.02. The minimum atomic E-state index is 0.404. The number of rotatable bonds is 2. The van der Waals surface area contributed by atoms with E-state index in [1.54, 1.807) is 6.26 Å². The lowest BCUT2D eigenvalue weighted by Crippen LogP contribution is -2.14. The van der Waals surface area contributed by atoms with Crippen molar-refractivity contribution in [3.8, 4) is 0 Å². The largest absolute Gasteiger partial charge is 0.450 e. The molecule has 3 nitrogen and oxygen atoms in total. The first-order chi connectivity index (χ1) is 5.43. The van der Waals surface area contributed by atoms with Gasteiger partial charge in [-0.25, -0.2) is 4.99 Å². The molecule has 3 heteroatoms. The van der Waals surface area contributed by atoms with Crippen LogP contribution in [0.3, 0.4) is 0 Å². The second-order valence-electron chi connectivity index (χ2n) is 2.25. The fourth-order valence-corrected chi connectivity index (χ4v) is 0.714. The highest BCUT2D eigenvalue weighted by atomic mass is 16.7. The van der Waals surface area contributed by atoms with Gasteiger partial charge in [0.1, 0.15) is 0 Å². The molecule has 0 unspecified atom stereocenters. The van der Waals surface area contributed by atoms with Crippen LogP contribution >= 0.6 is 0 Å². The molecule has 0 aliphatic carbocycles. The minimum absolute atomic E-state index is 0.404. The monoisotopic (exact) mass is 155 g/mol. The van der Waals surface area contributed by atoms with Gasteiger partial charge in [0.25, 0.3) is 0 Å². The van der Waals surface area contributed by atoms with E-state index in [9.17, 15) is 0 Å². The molecule has 0 bridgehead atoms. The number of hydrogen-bond donors (Lipinski definition) is 0. The predicted octanol–water partition coefficient (Wildman–Crippen LogP) is 1.70. The van der Waals surface area contributed by atoms with Crippen LogP contribution in [0, 0.1) is 0 Å². The lowest BCUT2D eigenvalue weighted by Gasteiger charge is -2.10. The smallest absolute Gasteiger partial charge is 0.388 e. The SMILES string of the molecule is CCC=COC1=NCCCO1. The molecule has 0 aromatic rings. The van der Waals surface area contributed by atoms with Crippen molar-refractivity contribution < 1.29 is 9.47 Å². The Balaban J connectivity index is 2.24. The molecule has 0 radical (unpaired) electrons. The van der Waals surface area contributed by atoms with Crippen LogP contribution in [0.5, 0.6) is 0 Å². The summed E-state index contributed by atoms with van der Waals surface area (Å²) in [5.41, 5.74) is 0. The first-order valence-electron chi connectivity index (χ1n) is 3.92. The average molecular weight is 155 g/mol. The van der Waals surface area contributed by atoms with Crippen molar-refractivity contribution in [2.45, 2.75) is 19.8 Å². The standard InChI is InChI=1S/C8H13NO2/c1-2-3-6-10-8-9-5-4-7-11-8/h3,6H,2,4-5,7H2,1H3. The normalized spacial score (nSPS) is 17.7. The van der Waals surface area contributed by atoms with Gasteiger partial charge in [-0.3, -0.25) is 0 Å². The van der Waals surface area contributed by atoms with E-state index in [0.29, 0.717) is 6.08 Å². The van der Waals surface area contributed by atoms with Gasteiger partial charge in [-0.2, -0.15) is 0 Å². The molecule has 0 N–H and O–H groups in total. The van der Waals surface area contributed by atoms with Gasteiger partial charge in [-0.15, -0.1) is 0 Å². The first-order valence-corrected chi connectivity index (χ1v) is 3.92. The Morgan fingerprint density at radius 3 is 3.27 bits per heavy atom. The van der Waals surface area contributed by atoms with E-state index in [4.69, 9.17) is 9.47 Å². The number of nitrogens with zero attached hydrogens (tertiary/aromatic N) is 1. The molecular weight excluding hydrogens is 142 g/mol. The van der Waals surface area contributed by atoms with Crippen LogP contribution in [0.1, 0.15) is 19.8 Å². The van der Waals surface area contributed by atoms with Crippen molar-refractivity contribution in [1.82, 2.24) is 0 Å². The quantitative estimate of drug-likeness (QED) is 0.568. The second kappa shape index (κ2) is 4.77. The Morgan fingerprint density at radius 1 is 1.73 bits per heavy atom. The number of allylic oxidation sites excluding steroid dienone is 1. The van der Waals surface area contributed by atoms with E-state index >= 15 is 0 Å². The molecule has 0 atom stereocenters. The Bertz CT molecular complexity index is 163. The zero-order valence-corrected chi connectivity index (χ0v) is 6.75. The van der Waals surface area contributed by atoms with E-state index in [1.165, 1.54) is 0 Å². The van der Waals surface area contributed by atoms with Gasteiger partial charge in [0.2, 0.25) is 0 Å². The summed E-state index contributed by atoms with van der Waals surface area (Å²) in [6.45, 7) is 3.58. The molecule has 0 saturated heterocycles. The van der Waals surface area contributed by atoms with Crippen LogP contribution in [0.2, 0.25) is 0 Å². The van der Waals surface area contributed by atoms with Gasteiger partial charge >= 0.3 is 6.08 Å². The lowest BCUT2D eigenvalue weighted by molar-refractivity contribution is 0.197. The van der Waals surface area contributed by atoms with Gasteiger partial charge in [-0.1, -0.05) is 6.92 Å². The molecule has 62 valence electrons. The van der Waals surface area contributed by atoms with E-state index in [0.717, 1.165) is 26.0 Å². The van der Waals surface area contributed by atoms with Gasteiger partial charge in [0, 0.05) is 13.0 Å². The summed E-state index contributed by atoms with van der Waals surface area (Å²) in [5, 5.41) is 0. The molecule has 1 aliphatic rings. The van der Waals surface area contributed by atoms with Gasteiger partial charge < -0.3 is 9.47 Å². The molecule has 0 amide bonds. The minimum Gasteiger partial charge on any atom is -0.450 e. The maximum Gasteiger partial charge on any atom is 0.388 e. The maximum absolute atomic E-state index is 5.10. The van der Waals surface area contributed by atoms with Crippen molar-refractivity contribution in [3.63, 3.8) is 0 Å². The summed E-state index contributed by atoms with van der Waals surface area (Å²) >= 11 is 0. The fourth-order valence-electron chi connectivity index (χ4n) is 0.714. The predicted molar refractivity (Wildman–Crippen MR) is 43.4 cm³/mol. The third-order valence-electron chi connectivity index (χ3n) is 1.27. The van der Waals surface area contributed by atoms with Crippen molar-refractivity contribution in [3.05, 3.63) is 12.3 Å². The number of ether oxygens (including phenoxy) is 2. The van der Waals surface area contributed by atoms with E-state index < -0.39 is 0 Å². The zero-order chi connectivity index (χ0) is 7.94. The summed E-state index contributed by atoms with van der Waals surface area (Å²) in [7, 11) is 0. The van der Waals surface area contributed by atoms with Crippen LogP contribution in [0.4, 0.5) is 0 Å². The first kappa shape index (κ1) is 8.11. The van der Waals surface area contributed by atoms with Crippen LogP contribution in [-0.2, 0) is 9.47 Å². The summed E-state index contributed by atoms with van der Waals surface area (Å²) in [6.07, 6.45) is 5.89. The molecule has 0 aromatic heterocycles. The third kappa shape index (κ3) is 3.07. The Labute approximate surface area is 66.7 Å². The van der Waals surface area contributed by atoms with Crippen LogP contribution in [0.15, 0.2) is 17.3 Å². The van der Waals surface area contributed by atoms with Gasteiger partial charge in [-0.05, 0) is 12.5 Å². The van der Waals surface area contributed by atoms with Crippen molar-refractivity contribution >= 4 is 6.08 Å². The fraction of sp³-hybridized carbons (Fsp3) is 0.625. The molecule has 0 fully saturated rings. The molecule has 0 saturated carbocycles. The highest BCUT2D eigenvalue weighted by Crippen LogP contribution is 1.98. The highest BCUT2D eigenvalue weighted by molar-refractivity contribution is 5.67. The van der Waals surface area contributed by atoms with Crippen LogP contribution in [-0.4, -0.2) is 19.2 Å². The molecular formula is C8H13NO2. The molecule has 1 heterocycles. The van der Waals surface area contributed by atoms with Gasteiger partial charge in [0.05, 0.1) is 12.9 Å². The van der Waals surface area contributed by atoms with Crippen LogP contribution < -0.4 is 0 Å². The average Bonchev–Trinajstić information content (AvgIpc) is 2.07. The van der Waals surface area contributed by atoms with Crippen molar-refractivity contribution in [1.29, 1.82) is 0 Å². The third-order valence-corrected chi connectivity index (χ3v) is 1.27. The topological polar surface area (TPSA) is 30.8 Å². The molecule has 1 rings (SSSR count). The molecule has 0 spiro atoms. The zero-order valence-electron chi connectivity index (χ0n) is 6.75.